The number of rotatable bonds is 5. The van der Waals surface area contributed by atoms with Crippen molar-refractivity contribution in [2.24, 2.45) is 4.40 Å². The molecule has 0 aliphatic rings. The lowest BCUT2D eigenvalue weighted by Crippen LogP contribution is -2.19. The van der Waals surface area contributed by atoms with Crippen molar-refractivity contribution in [1.82, 2.24) is 0 Å². The second kappa shape index (κ2) is 6.50. The first kappa shape index (κ1) is 14.6. The molecule has 0 bridgehead atoms. The summed E-state index contributed by atoms with van der Waals surface area (Å²) < 4.78 is 21.0. The number of nitrogens with zero attached hydrogens (tertiary/aromatic N) is 1. The van der Waals surface area contributed by atoms with Crippen molar-refractivity contribution in [1.29, 1.82) is 0 Å². The van der Waals surface area contributed by atoms with Gasteiger partial charge in [0.15, 0.2) is 0 Å². The van der Waals surface area contributed by atoms with E-state index in [1.165, 1.54) is 0 Å². The van der Waals surface area contributed by atoms with E-state index in [-0.39, 0.29) is 4.75 Å². The molecule has 0 fully saturated rings. The van der Waals surface area contributed by atoms with Gasteiger partial charge in [-0.25, -0.2) is 4.21 Å². The van der Waals surface area contributed by atoms with Gasteiger partial charge in [0.2, 0.25) is 0 Å². The third-order valence-corrected chi connectivity index (χ3v) is 3.43. The van der Waals surface area contributed by atoms with E-state index in [0.29, 0.717) is 12.4 Å². The van der Waals surface area contributed by atoms with Crippen LogP contribution >= 0.6 is 0 Å². The van der Waals surface area contributed by atoms with E-state index in [4.69, 9.17) is 4.74 Å². The maximum atomic E-state index is 11.8. The summed E-state index contributed by atoms with van der Waals surface area (Å²) in [7, 11) is -1.26. The molecule has 18 heavy (non-hydrogen) atoms. The molecule has 4 heteroatoms. The van der Waals surface area contributed by atoms with Gasteiger partial charge in [0.1, 0.15) is 23.3 Å². The summed E-state index contributed by atoms with van der Waals surface area (Å²) in [5.74, 6) is 0.715. The predicted molar refractivity (Wildman–Crippen MR) is 77.6 cm³/mol. The van der Waals surface area contributed by atoms with E-state index in [2.05, 4.69) is 11.0 Å². The molecule has 0 amide bonds. The third kappa shape index (κ3) is 4.45. The molecule has 1 aromatic rings. The Hall–Kier alpha value is -1.42. The number of hydrogen-bond acceptors (Lipinski definition) is 2. The Morgan fingerprint density at radius 1 is 1.39 bits per heavy atom. The summed E-state index contributed by atoms with van der Waals surface area (Å²) >= 11 is 0. The molecule has 0 saturated heterocycles. The highest BCUT2D eigenvalue weighted by Gasteiger charge is 2.18. The van der Waals surface area contributed by atoms with Crippen molar-refractivity contribution < 1.29 is 8.95 Å². The van der Waals surface area contributed by atoms with E-state index >= 15 is 0 Å². The Bertz CT molecular complexity index is 461. The molecule has 98 valence electrons. The lowest BCUT2D eigenvalue weighted by molar-refractivity contribution is 0.363. The summed E-state index contributed by atoms with van der Waals surface area (Å²) in [6, 6.07) is 7.51. The van der Waals surface area contributed by atoms with Gasteiger partial charge in [-0.1, -0.05) is 24.8 Å². The van der Waals surface area contributed by atoms with E-state index in [1.54, 1.807) is 12.3 Å². The molecule has 0 unspecified atom stereocenters. The second-order valence-corrected chi connectivity index (χ2v) is 6.67. The van der Waals surface area contributed by atoms with Crippen LogP contribution in [0.25, 0.3) is 0 Å². The van der Waals surface area contributed by atoms with Gasteiger partial charge in [-0.2, -0.15) is 4.40 Å². The summed E-state index contributed by atoms with van der Waals surface area (Å²) in [4.78, 5) is 0. The minimum Gasteiger partial charge on any atom is -0.489 e. The van der Waals surface area contributed by atoms with Gasteiger partial charge < -0.3 is 4.74 Å². The van der Waals surface area contributed by atoms with E-state index in [1.807, 2.05) is 45.0 Å². The van der Waals surface area contributed by atoms with Gasteiger partial charge in [0.25, 0.3) is 0 Å². The average Bonchev–Trinajstić information content (AvgIpc) is 2.33. The fourth-order valence-corrected chi connectivity index (χ4v) is 1.66. The highest BCUT2D eigenvalue weighted by molar-refractivity contribution is 7.85. The van der Waals surface area contributed by atoms with Crippen LogP contribution in [-0.2, 0) is 11.0 Å². The van der Waals surface area contributed by atoms with Crippen LogP contribution in [0, 0.1) is 0 Å². The fraction of sp³-hybridized carbons (Fsp3) is 0.357. The number of benzene rings is 1. The second-order valence-electron chi connectivity index (χ2n) is 4.73. The van der Waals surface area contributed by atoms with Gasteiger partial charge in [-0.3, -0.25) is 0 Å². The van der Waals surface area contributed by atoms with E-state index < -0.39 is 11.0 Å². The molecule has 0 aromatic heterocycles. The molecule has 1 aromatic carbocycles. The fourth-order valence-electron chi connectivity index (χ4n) is 1.13. The molecule has 0 N–H and O–H groups in total. The van der Waals surface area contributed by atoms with Crippen LogP contribution in [0.1, 0.15) is 26.3 Å². The first-order chi connectivity index (χ1) is 8.45. The van der Waals surface area contributed by atoms with Crippen LogP contribution in [0.15, 0.2) is 41.3 Å². The van der Waals surface area contributed by atoms with Crippen molar-refractivity contribution in [3.05, 3.63) is 42.5 Å². The summed E-state index contributed by atoms with van der Waals surface area (Å²) in [5.41, 5.74) is 0.817. The number of ether oxygens (including phenoxy) is 1. The van der Waals surface area contributed by atoms with Crippen LogP contribution < -0.4 is 4.74 Å². The molecule has 1 rings (SSSR count). The Morgan fingerprint density at radius 3 is 2.67 bits per heavy atom. The van der Waals surface area contributed by atoms with Crippen LogP contribution in [0.2, 0.25) is 0 Å². The smallest absolute Gasteiger partial charge is 0.144 e. The molecule has 0 spiro atoms. The van der Waals surface area contributed by atoms with Gasteiger partial charge in [-0.15, -0.1) is 0 Å². The maximum Gasteiger partial charge on any atom is 0.144 e. The minimum atomic E-state index is -1.26. The molecule has 0 radical (unpaired) electrons. The van der Waals surface area contributed by atoms with Crippen molar-refractivity contribution in [3.8, 4) is 5.75 Å². The zero-order chi connectivity index (χ0) is 13.6. The number of hydrogen-bond donors (Lipinski definition) is 0. The van der Waals surface area contributed by atoms with Gasteiger partial charge in [0.05, 0.1) is 4.75 Å². The molecule has 0 aliphatic carbocycles. The maximum absolute atomic E-state index is 11.8. The lowest BCUT2D eigenvalue weighted by atomic mass is 10.2. The highest BCUT2D eigenvalue weighted by atomic mass is 32.2. The summed E-state index contributed by atoms with van der Waals surface area (Å²) in [6.45, 7) is 9.71. The van der Waals surface area contributed by atoms with Crippen LogP contribution in [0.5, 0.6) is 5.75 Å². The Labute approximate surface area is 111 Å². The minimum absolute atomic E-state index is 0.354. The van der Waals surface area contributed by atoms with Crippen molar-refractivity contribution in [3.63, 3.8) is 0 Å². The van der Waals surface area contributed by atoms with Gasteiger partial charge >= 0.3 is 0 Å². The first-order valence-corrected chi connectivity index (χ1v) is 6.84. The Balaban J connectivity index is 2.87. The SMILES string of the molecule is C=CCOc1ccccc1/C=N/[S@@](=O)C(C)(C)C. The molecule has 0 heterocycles. The van der Waals surface area contributed by atoms with Gasteiger partial charge in [0, 0.05) is 11.8 Å². The van der Waals surface area contributed by atoms with Crippen LogP contribution in [0.4, 0.5) is 0 Å². The standard InChI is InChI=1S/C14H19NO2S/c1-5-10-17-13-9-7-6-8-12(13)11-15-18(16)14(2,3)4/h5-9,11H,1,10H2,2-4H3/b15-11+/t18-/m0/s1. The monoisotopic (exact) mass is 265 g/mol. The van der Waals surface area contributed by atoms with Crippen LogP contribution in [-0.4, -0.2) is 21.8 Å². The van der Waals surface area contributed by atoms with E-state index in [0.717, 1.165) is 5.56 Å². The third-order valence-electron chi connectivity index (χ3n) is 2.09. The summed E-state index contributed by atoms with van der Waals surface area (Å²) in [6.07, 6.45) is 3.28. The largest absolute Gasteiger partial charge is 0.489 e. The normalized spacial score (nSPS) is 13.5. The molecule has 0 aliphatic heterocycles. The Morgan fingerprint density at radius 2 is 2.06 bits per heavy atom. The van der Waals surface area contributed by atoms with Crippen molar-refractivity contribution in [2.75, 3.05) is 6.61 Å². The topological polar surface area (TPSA) is 38.7 Å². The first-order valence-electron chi connectivity index (χ1n) is 5.74. The van der Waals surface area contributed by atoms with Gasteiger partial charge in [-0.05, 0) is 32.9 Å². The van der Waals surface area contributed by atoms with Crippen molar-refractivity contribution in [2.45, 2.75) is 25.5 Å². The lowest BCUT2D eigenvalue weighted by Gasteiger charge is -2.13. The van der Waals surface area contributed by atoms with Crippen LogP contribution in [0.3, 0.4) is 0 Å². The molecular weight excluding hydrogens is 246 g/mol. The number of para-hydroxylation sites is 1. The zero-order valence-electron chi connectivity index (χ0n) is 11.1. The van der Waals surface area contributed by atoms with E-state index in [9.17, 15) is 4.21 Å². The molecule has 3 nitrogen and oxygen atoms in total. The van der Waals surface area contributed by atoms with Crippen molar-refractivity contribution >= 4 is 17.2 Å². The predicted octanol–water partition coefficient (Wildman–Crippen LogP) is 3.13. The summed E-state index contributed by atoms with van der Waals surface area (Å²) in [5, 5.41) is 0. The molecule has 1 atom stereocenters. The Kier molecular flexibility index (Phi) is 5.28. The average molecular weight is 265 g/mol. The zero-order valence-corrected chi connectivity index (χ0v) is 11.9. The quantitative estimate of drug-likeness (QED) is 0.606. The molecule has 0 saturated carbocycles. The molecular formula is C14H19NO2S. The highest BCUT2D eigenvalue weighted by Crippen LogP contribution is 2.17.